The highest BCUT2D eigenvalue weighted by Gasteiger charge is 2.66. The van der Waals surface area contributed by atoms with Crippen LogP contribution in [0.1, 0.15) is 85.5 Å². The maximum Gasteiger partial charge on any atom is 0.0577 e. The second-order valence-corrected chi connectivity index (χ2v) is 12.8. The van der Waals surface area contributed by atoms with Crippen molar-refractivity contribution in [2.75, 3.05) is 6.54 Å². The van der Waals surface area contributed by atoms with Crippen LogP contribution in [0, 0.1) is 46.3 Å². The van der Waals surface area contributed by atoms with Gasteiger partial charge in [0.2, 0.25) is 0 Å². The van der Waals surface area contributed by atoms with Crippen molar-refractivity contribution in [3.8, 4) is 0 Å². The first-order chi connectivity index (χ1) is 13.8. The minimum atomic E-state index is -0.0792. The number of fused-ring (bicyclic) bond motifs is 9. The van der Waals surface area contributed by atoms with E-state index >= 15 is 0 Å². The van der Waals surface area contributed by atoms with Gasteiger partial charge in [0.1, 0.15) is 0 Å². The van der Waals surface area contributed by atoms with Crippen LogP contribution in [-0.2, 0) is 0 Å². The van der Waals surface area contributed by atoms with E-state index < -0.39 is 0 Å². The van der Waals surface area contributed by atoms with Crippen molar-refractivity contribution in [2.24, 2.45) is 46.3 Å². The molecule has 1 N–H and O–H groups in total. The van der Waals surface area contributed by atoms with E-state index in [4.69, 9.17) is 0 Å². The van der Waals surface area contributed by atoms with E-state index in [-0.39, 0.29) is 6.10 Å². The topological polar surface area (TPSA) is 23.5 Å². The standard InChI is InChI=1S/C27H43NO/c1-16-5-8-23-17(2)25-24(28(23)15-16)14-22-20-7-6-18-13-19(29)9-11-26(18,3)21(20)10-12-27(22,25)4/h6,16-17,19-25,29H,5,7-15H2,1-4H3/t16-,17+,19?,20+,21-,22?,23?,24-,25-,26-,27-/m0/s1. The Labute approximate surface area is 178 Å². The Balaban J connectivity index is 1.33. The number of hydrogen-bond acceptors (Lipinski definition) is 2. The van der Waals surface area contributed by atoms with Crippen LogP contribution in [0.2, 0.25) is 0 Å². The number of nitrogens with zero attached hydrogens (tertiary/aromatic N) is 1. The van der Waals surface area contributed by atoms with E-state index in [1.54, 1.807) is 5.57 Å². The van der Waals surface area contributed by atoms with Gasteiger partial charge in [0.25, 0.3) is 0 Å². The van der Waals surface area contributed by atoms with E-state index in [9.17, 15) is 5.11 Å². The summed E-state index contributed by atoms with van der Waals surface area (Å²) in [6, 6.07) is 1.75. The largest absolute Gasteiger partial charge is 0.393 e. The van der Waals surface area contributed by atoms with Crippen molar-refractivity contribution in [3.05, 3.63) is 11.6 Å². The Bertz CT molecular complexity index is 715. The normalized spacial score (nSPS) is 59.2. The van der Waals surface area contributed by atoms with Crippen molar-refractivity contribution in [2.45, 2.75) is 104 Å². The lowest BCUT2D eigenvalue weighted by atomic mass is 9.47. The van der Waals surface area contributed by atoms with Gasteiger partial charge in [0, 0.05) is 18.6 Å². The maximum atomic E-state index is 10.3. The summed E-state index contributed by atoms with van der Waals surface area (Å²) in [4.78, 5) is 3.02. The molecule has 6 rings (SSSR count). The fourth-order valence-corrected chi connectivity index (χ4v) is 10.4. The van der Waals surface area contributed by atoms with Crippen molar-refractivity contribution >= 4 is 0 Å². The Morgan fingerprint density at radius 3 is 2.66 bits per heavy atom. The van der Waals surface area contributed by atoms with Gasteiger partial charge in [0.05, 0.1) is 6.10 Å². The minimum Gasteiger partial charge on any atom is -0.393 e. The third-order valence-electron chi connectivity index (χ3n) is 11.7. The highest BCUT2D eigenvalue weighted by atomic mass is 16.3. The van der Waals surface area contributed by atoms with Crippen molar-refractivity contribution in [1.82, 2.24) is 4.90 Å². The van der Waals surface area contributed by atoms with E-state index in [1.165, 1.54) is 51.5 Å². The zero-order chi connectivity index (χ0) is 20.1. The fraction of sp³-hybridized carbons (Fsp3) is 0.926. The van der Waals surface area contributed by atoms with Gasteiger partial charge in [-0.25, -0.2) is 0 Å². The highest BCUT2D eigenvalue weighted by molar-refractivity contribution is 5.26. The summed E-state index contributed by atoms with van der Waals surface area (Å²) in [7, 11) is 0. The lowest BCUT2D eigenvalue weighted by Gasteiger charge is -2.58. The van der Waals surface area contributed by atoms with Gasteiger partial charge in [0.15, 0.2) is 0 Å². The third kappa shape index (κ3) is 2.48. The number of allylic oxidation sites excluding steroid dienone is 1. The molecule has 3 saturated carbocycles. The van der Waals surface area contributed by atoms with Gasteiger partial charge in [-0.2, -0.15) is 0 Å². The van der Waals surface area contributed by atoms with Gasteiger partial charge in [-0.15, -0.1) is 0 Å². The van der Waals surface area contributed by atoms with Gasteiger partial charge in [-0.1, -0.05) is 39.3 Å². The van der Waals surface area contributed by atoms with Crippen LogP contribution in [-0.4, -0.2) is 34.7 Å². The summed E-state index contributed by atoms with van der Waals surface area (Å²) in [5.74, 6) is 5.44. The molecule has 162 valence electrons. The Hall–Kier alpha value is -0.340. The molecule has 0 aromatic carbocycles. The van der Waals surface area contributed by atoms with E-state index in [1.807, 2.05) is 0 Å². The molecule has 6 aliphatic rings. The lowest BCUT2D eigenvalue weighted by Crippen LogP contribution is -2.51. The molecule has 2 heterocycles. The van der Waals surface area contributed by atoms with Crippen molar-refractivity contribution in [3.63, 3.8) is 0 Å². The summed E-state index contributed by atoms with van der Waals surface area (Å²) in [6.45, 7) is 11.8. The van der Waals surface area contributed by atoms with Crippen LogP contribution >= 0.6 is 0 Å². The number of aliphatic hydroxyl groups excluding tert-OH is 1. The van der Waals surface area contributed by atoms with Crippen molar-refractivity contribution in [1.29, 1.82) is 0 Å². The molecule has 29 heavy (non-hydrogen) atoms. The minimum absolute atomic E-state index is 0.0792. The Morgan fingerprint density at radius 1 is 1.00 bits per heavy atom. The molecular formula is C27H43NO. The number of rotatable bonds is 0. The number of aliphatic hydroxyl groups is 1. The molecule has 2 saturated heterocycles. The summed E-state index contributed by atoms with van der Waals surface area (Å²) in [5.41, 5.74) is 2.58. The number of hydrogen-bond donors (Lipinski definition) is 1. The fourth-order valence-electron chi connectivity index (χ4n) is 10.4. The van der Waals surface area contributed by atoms with Crippen LogP contribution in [0.4, 0.5) is 0 Å². The summed E-state index contributed by atoms with van der Waals surface area (Å²) in [6.07, 6.45) is 14.3. The van der Waals surface area contributed by atoms with E-state index in [2.05, 4.69) is 38.7 Å². The van der Waals surface area contributed by atoms with Gasteiger partial charge in [-0.05, 0) is 104 Å². The molecule has 0 bridgehead atoms. The average Bonchev–Trinajstić information content (AvgIpc) is 3.15. The molecule has 0 spiro atoms. The second kappa shape index (κ2) is 6.35. The zero-order valence-corrected chi connectivity index (χ0v) is 19.2. The molecule has 2 aliphatic heterocycles. The highest BCUT2D eigenvalue weighted by Crippen LogP contribution is 2.69. The number of piperidine rings is 1. The molecule has 11 atom stereocenters. The van der Waals surface area contributed by atoms with E-state index in [0.29, 0.717) is 10.8 Å². The second-order valence-electron chi connectivity index (χ2n) is 12.8. The van der Waals surface area contributed by atoms with Crippen LogP contribution in [0.5, 0.6) is 0 Å². The molecule has 0 radical (unpaired) electrons. The quantitative estimate of drug-likeness (QED) is 0.534. The first-order valence-electron chi connectivity index (χ1n) is 13.0. The van der Waals surface area contributed by atoms with Crippen LogP contribution in [0.15, 0.2) is 11.6 Å². The predicted molar refractivity (Wildman–Crippen MR) is 118 cm³/mol. The molecule has 3 unspecified atom stereocenters. The molecule has 5 fully saturated rings. The predicted octanol–water partition coefficient (Wildman–Crippen LogP) is 5.66. The molecular weight excluding hydrogens is 354 g/mol. The first-order valence-corrected chi connectivity index (χ1v) is 13.0. The monoisotopic (exact) mass is 397 g/mol. The molecule has 4 aliphatic carbocycles. The summed E-state index contributed by atoms with van der Waals surface area (Å²) in [5, 5.41) is 10.3. The SMILES string of the molecule is C[C@H]1CCC2[C@@H](C)[C@H]3[C@H](CC4[C@@H]5CC=C6CC(O)CC[C@]6(C)[C@H]5CC[C@@]43C)N2C1. The van der Waals surface area contributed by atoms with Crippen LogP contribution in [0.3, 0.4) is 0 Å². The maximum absolute atomic E-state index is 10.3. The summed E-state index contributed by atoms with van der Waals surface area (Å²) >= 11 is 0. The zero-order valence-electron chi connectivity index (χ0n) is 19.2. The van der Waals surface area contributed by atoms with Gasteiger partial charge >= 0.3 is 0 Å². The molecule has 0 aromatic rings. The van der Waals surface area contributed by atoms with Crippen LogP contribution < -0.4 is 0 Å². The molecule has 0 aromatic heterocycles. The van der Waals surface area contributed by atoms with Gasteiger partial charge in [-0.3, -0.25) is 4.90 Å². The van der Waals surface area contributed by atoms with Crippen molar-refractivity contribution < 1.29 is 5.11 Å². The van der Waals surface area contributed by atoms with Gasteiger partial charge < -0.3 is 5.11 Å². The molecule has 2 nitrogen and oxygen atoms in total. The van der Waals surface area contributed by atoms with Crippen LogP contribution in [0.25, 0.3) is 0 Å². The molecule has 2 heteroatoms. The smallest absolute Gasteiger partial charge is 0.0577 e. The lowest BCUT2D eigenvalue weighted by molar-refractivity contribution is -0.0574. The Kier molecular flexibility index (Phi) is 4.23. The first kappa shape index (κ1) is 19.4. The van der Waals surface area contributed by atoms with E-state index in [0.717, 1.165) is 60.4 Å². The third-order valence-corrected chi connectivity index (χ3v) is 11.7. The summed E-state index contributed by atoms with van der Waals surface area (Å²) < 4.78 is 0. The Morgan fingerprint density at radius 2 is 1.83 bits per heavy atom. The molecule has 0 amide bonds. The average molecular weight is 398 g/mol.